The topological polar surface area (TPSA) is 139 Å². The first kappa shape index (κ1) is 24.5. The van der Waals surface area contributed by atoms with Crippen molar-refractivity contribution in [2.75, 3.05) is 6.26 Å². The Morgan fingerprint density at radius 2 is 1.81 bits per heavy atom. The standard InChI is InChI=1S/C20H27N3O7S/c1-13(2)10-16(21-14(3)24)18(26)22-20(11-15-8-6-5-7-9-15)12-17(25)23(19(20)27)30-31(4,28)29/h5-9,13,16H,10-12H2,1-4H3,(H,21,24)(H,22,26)/t16-,20-/m0/s1. The van der Waals surface area contributed by atoms with Gasteiger partial charge in [-0.15, -0.1) is 9.35 Å². The van der Waals surface area contributed by atoms with Gasteiger partial charge in [0.05, 0.1) is 12.7 Å². The maximum absolute atomic E-state index is 13.1. The minimum Gasteiger partial charge on any atom is -0.345 e. The lowest BCUT2D eigenvalue weighted by Crippen LogP contribution is -2.60. The third-order valence-corrected chi connectivity index (χ3v) is 5.02. The van der Waals surface area contributed by atoms with Gasteiger partial charge in [-0.25, -0.2) is 0 Å². The Balaban J connectivity index is 2.41. The summed E-state index contributed by atoms with van der Waals surface area (Å²) >= 11 is 0. The molecule has 170 valence electrons. The summed E-state index contributed by atoms with van der Waals surface area (Å²) in [6.45, 7) is 5.01. The lowest BCUT2D eigenvalue weighted by molar-refractivity contribution is -0.166. The van der Waals surface area contributed by atoms with Gasteiger partial charge >= 0.3 is 0 Å². The summed E-state index contributed by atoms with van der Waals surface area (Å²) in [6, 6.07) is 7.73. The number of hydroxylamine groups is 2. The van der Waals surface area contributed by atoms with E-state index in [9.17, 15) is 27.6 Å². The summed E-state index contributed by atoms with van der Waals surface area (Å²) < 4.78 is 27.6. The maximum atomic E-state index is 13.1. The van der Waals surface area contributed by atoms with Gasteiger partial charge in [-0.1, -0.05) is 44.2 Å². The van der Waals surface area contributed by atoms with Crippen molar-refractivity contribution in [2.24, 2.45) is 5.92 Å². The summed E-state index contributed by atoms with van der Waals surface area (Å²) in [5.74, 6) is -2.91. The number of hydrogen-bond donors (Lipinski definition) is 2. The molecule has 2 atom stereocenters. The first-order valence-electron chi connectivity index (χ1n) is 9.73. The van der Waals surface area contributed by atoms with Crippen molar-refractivity contribution in [2.45, 2.75) is 51.6 Å². The van der Waals surface area contributed by atoms with Crippen LogP contribution in [0.25, 0.3) is 0 Å². The van der Waals surface area contributed by atoms with Crippen LogP contribution in [0, 0.1) is 5.92 Å². The number of nitrogens with one attached hydrogen (secondary N) is 2. The Kier molecular flexibility index (Phi) is 7.55. The van der Waals surface area contributed by atoms with E-state index in [-0.39, 0.29) is 17.4 Å². The molecule has 2 N–H and O–H groups in total. The molecule has 0 aliphatic carbocycles. The molecule has 10 nitrogen and oxygen atoms in total. The average molecular weight is 454 g/mol. The van der Waals surface area contributed by atoms with Gasteiger partial charge in [0.25, 0.3) is 21.9 Å². The predicted octanol–water partition coefficient (Wildman–Crippen LogP) is 0.285. The normalized spacial score (nSPS) is 20.1. The van der Waals surface area contributed by atoms with Crippen molar-refractivity contribution in [3.63, 3.8) is 0 Å². The highest BCUT2D eigenvalue weighted by Gasteiger charge is 2.55. The molecule has 1 saturated heterocycles. The lowest BCUT2D eigenvalue weighted by Gasteiger charge is -2.30. The SMILES string of the molecule is CC(=O)N[C@@H](CC(C)C)C(=O)N[C@@]1(Cc2ccccc2)CC(=O)N(OS(C)(=O)=O)C1=O. The molecule has 1 fully saturated rings. The Morgan fingerprint density at radius 1 is 1.19 bits per heavy atom. The zero-order valence-electron chi connectivity index (χ0n) is 17.9. The largest absolute Gasteiger partial charge is 0.345 e. The Morgan fingerprint density at radius 3 is 2.32 bits per heavy atom. The molecule has 1 heterocycles. The number of nitrogens with zero attached hydrogens (tertiary/aromatic N) is 1. The molecule has 0 unspecified atom stereocenters. The summed E-state index contributed by atoms with van der Waals surface area (Å²) in [7, 11) is -4.16. The third kappa shape index (κ3) is 6.59. The summed E-state index contributed by atoms with van der Waals surface area (Å²) in [4.78, 5) is 50.2. The maximum Gasteiger partial charge on any atom is 0.285 e. The molecule has 0 spiro atoms. The van der Waals surface area contributed by atoms with Crippen LogP contribution in [-0.2, 0) is 40.0 Å². The second-order valence-corrected chi connectivity index (χ2v) is 9.62. The third-order valence-electron chi connectivity index (χ3n) is 4.60. The van der Waals surface area contributed by atoms with Crippen molar-refractivity contribution in [3.8, 4) is 0 Å². The fraction of sp³-hybridized carbons (Fsp3) is 0.500. The first-order valence-corrected chi connectivity index (χ1v) is 11.5. The van der Waals surface area contributed by atoms with E-state index in [4.69, 9.17) is 0 Å². The Labute approximate surface area is 181 Å². The van der Waals surface area contributed by atoms with Crippen LogP contribution >= 0.6 is 0 Å². The monoisotopic (exact) mass is 453 g/mol. The van der Waals surface area contributed by atoms with Crippen LogP contribution in [-0.4, -0.2) is 54.9 Å². The van der Waals surface area contributed by atoms with E-state index in [0.29, 0.717) is 18.2 Å². The lowest BCUT2D eigenvalue weighted by atomic mass is 9.88. The minimum absolute atomic E-state index is 0.0543. The molecule has 1 aromatic rings. The molecule has 1 aliphatic heterocycles. The van der Waals surface area contributed by atoms with Gasteiger partial charge in [-0.05, 0) is 17.9 Å². The van der Waals surface area contributed by atoms with Crippen LogP contribution in [0.5, 0.6) is 0 Å². The molecule has 0 bridgehead atoms. The molecule has 2 rings (SSSR count). The minimum atomic E-state index is -4.16. The van der Waals surface area contributed by atoms with Gasteiger partial charge in [0, 0.05) is 13.3 Å². The van der Waals surface area contributed by atoms with E-state index < -0.39 is 51.7 Å². The van der Waals surface area contributed by atoms with E-state index in [1.165, 1.54) is 6.92 Å². The van der Waals surface area contributed by atoms with E-state index in [1.54, 1.807) is 30.3 Å². The van der Waals surface area contributed by atoms with Crippen LogP contribution in [0.1, 0.15) is 39.2 Å². The van der Waals surface area contributed by atoms with Crippen molar-refractivity contribution in [1.29, 1.82) is 0 Å². The van der Waals surface area contributed by atoms with Gasteiger partial charge in [-0.3, -0.25) is 19.2 Å². The fourth-order valence-electron chi connectivity index (χ4n) is 3.42. The van der Waals surface area contributed by atoms with Crippen LogP contribution < -0.4 is 10.6 Å². The van der Waals surface area contributed by atoms with E-state index in [0.717, 1.165) is 0 Å². The number of rotatable bonds is 9. The van der Waals surface area contributed by atoms with Crippen molar-refractivity contribution in [1.82, 2.24) is 15.7 Å². The molecule has 0 aromatic heterocycles. The van der Waals surface area contributed by atoms with Crippen molar-refractivity contribution in [3.05, 3.63) is 35.9 Å². The number of benzene rings is 1. The quantitative estimate of drug-likeness (QED) is 0.512. The van der Waals surface area contributed by atoms with E-state index in [2.05, 4.69) is 14.9 Å². The van der Waals surface area contributed by atoms with Gasteiger partial charge in [-0.2, -0.15) is 8.42 Å². The molecule has 4 amide bonds. The molecule has 0 saturated carbocycles. The van der Waals surface area contributed by atoms with E-state index >= 15 is 0 Å². The highest BCUT2D eigenvalue weighted by atomic mass is 32.2. The summed E-state index contributed by atoms with van der Waals surface area (Å²) in [5.41, 5.74) is -1.11. The number of carbonyl (C=O) groups excluding carboxylic acids is 4. The van der Waals surface area contributed by atoms with Crippen molar-refractivity contribution < 1.29 is 31.9 Å². The number of hydrogen-bond acceptors (Lipinski definition) is 7. The molecular weight excluding hydrogens is 426 g/mol. The molecule has 31 heavy (non-hydrogen) atoms. The Bertz CT molecular complexity index is 962. The fourth-order valence-corrected chi connectivity index (χ4v) is 3.84. The number of carbonyl (C=O) groups is 4. The predicted molar refractivity (Wildman–Crippen MR) is 110 cm³/mol. The molecule has 1 aliphatic rings. The van der Waals surface area contributed by atoms with Gasteiger partial charge in [0.1, 0.15) is 11.6 Å². The van der Waals surface area contributed by atoms with Gasteiger partial charge < -0.3 is 10.6 Å². The summed E-state index contributed by atoms with van der Waals surface area (Å²) in [5, 5.41) is 5.34. The molecule has 0 radical (unpaired) electrons. The second-order valence-electron chi connectivity index (χ2n) is 8.07. The zero-order valence-corrected chi connectivity index (χ0v) is 18.7. The second kappa shape index (κ2) is 9.56. The van der Waals surface area contributed by atoms with Gasteiger partial charge in [0.15, 0.2) is 0 Å². The highest BCUT2D eigenvalue weighted by Crippen LogP contribution is 2.30. The van der Waals surface area contributed by atoms with Gasteiger partial charge in [0.2, 0.25) is 11.8 Å². The number of amides is 4. The molecule has 1 aromatic carbocycles. The Hall–Kier alpha value is -2.79. The number of imide groups is 1. The van der Waals surface area contributed by atoms with Crippen LogP contribution in [0.15, 0.2) is 30.3 Å². The first-order chi connectivity index (χ1) is 14.3. The molecule has 11 heteroatoms. The van der Waals surface area contributed by atoms with E-state index in [1.807, 2.05) is 13.8 Å². The smallest absolute Gasteiger partial charge is 0.285 e. The van der Waals surface area contributed by atoms with Crippen LogP contribution in [0.4, 0.5) is 0 Å². The zero-order chi connectivity index (χ0) is 23.4. The highest BCUT2D eigenvalue weighted by molar-refractivity contribution is 7.85. The van der Waals surface area contributed by atoms with Crippen LogP contribution in [0.2, 0.25) is 0 Å². The average Bonchev–Trinajstić information content (AvgIpc) is 2.84. The summed E-state index contributed by atoms with van der Waals surface area (Å²) in [6.07, 6.45) is 0.454. The van der Waals surface area contributed by atoms with Crippen LogP contribution in [0.3, 0.4) is 0 Å². The molecular formula is C20H27N3O7S. The van der Waals surface area contributed by atoms with Crippen molar-refractivity contribution >= 4 is 33.7 Å².